The summed E-state index contributed by atoms with van der Waals surface area (Å²) in [4.78, 5) is 12.9. The molecule has 1 saturated heterocycles. The van der Waals surface area contributed by atoms with Crippen LogP contribution in [0.1, 0.15) is 32.6 Å². The van der Waals surface area contributed by atoms with Crippen LogP contribution < -0.4 is 0 Å². The first-order chi connectivity index (χ1) is 7.67. The molecule has 2 unspecified atom stereocenters. The minimum absolute atomic E-state index is 0.305. The number of ether oxygens (including phenoxy) is 1. The summed E-state index contributed by atoms with van der Waals surface area (Å²) in [5.41, 5.74) is 0. The number of rotatable bonds is 7. The van der Waals surface area contributed by atoms with Crippen LogP contribution in [0.15, 0.2) is 0 Å². The van der Waals surface area contributed by atoms with E-state index < -0.39 is 5.97 Å². The first-order valence-electron chi connectivity index (χ1n) is 6.12. The van der Waals surface area contributed by atoms with Crippen LogP contribution >= 0.6 is 0 Å². The molecule has 4 nitrogen and oxygen atoms in total. The summed E-state index contributed by atoms with van der Waals surface area (Å²) in [6.45, 7) is 5.08. The summed E-state index contributed by atoms with van der Waals surface area (Å²) in [7, 11) is 1.74. The van der Waals surface area contributed by atoms with Crippen molar-refractivity contribution in [1.29, 1.82) is 0 Å². The lowest BCUT2D eigenvalue weighted by atomic mass is 10.0. The smallest absolute Gasteiger partial charge is 0.303 e. The van der Waals surface area contributed by atoms with Gasteiger partial charge >= 0.3 is 5.97 Å². The van der Waals surface area contributed by atoms with Gasteiger partial charge in [-0.3, -0.25) is 9.69 Å². The maximum atomic E-state index is 10.5. The molecule has 1 aliphatic heterocycles. The Labute approximate surface area is 97.6 Å². The van der Waals surface area contributed by atoms with Crippen molar-refractivity contribution in [3.63, 3.8) is 0 Å². The molecule has 0 saturated carbocycles. The lowest BCUT2D eigenvalue weighted by Crippen LogP contribution is -2.36. The minimum Gasteiger partial charge on any atom is -0.481 e. The van der Waals surface area contributed by atoms with Crippen molar-refractivity contribution in [3.8, 4) is 0 Å². The van der Waals surface area contributed by atoms with Crippen LogP contribution in [0.25, 0.3) is 0 Å². The summed E-state index contributed by atoms with van der Waals surface area (Å²) in [6.07, 6.45) is 3.35. The molecule has 16 heavy (non-hydrogen) atoms. The number of hydrogen-bond acceptors (Lipinski definition) is 3. The Morgan fingerprint density at radius 1 is 1.62 bits per heavy atom. The molecular weight excluding hydrogens is 206 g/mol. The Bertz CT molecular complexity index is 220. The van der Waals surface area contributed by atoms with Gasteiger partial charge in [-0.05, 0) is 31.7 Å². The number of methoxy groups -OCH3 is 1. The van der Waals surface area contributed by atoms with E-state index in [0.717, 1.165) is 39.0 Å². The van der Waals surface area contributed by atoms with Gasteiger partial charge in [0, 0.05) is 26.1 Å². The van der Waals surface area contributed by atoms with Gasteiger partial charge in [-0.1, -0.05) is 6.92 Å². The van der Waals surface area contributed by atoms with Gasteiger partial charge in [-0.25, -0.2) is 0 Å². The molecule has 0 aliphatic carbocycles. The Balaban J connectivity index is 2.30. The van der Waals surface area contributed by atoms with E-state index in [1.165, 1.54) is 0 Å². The Morgan fingerprint density at radius 2 is 2.38 bits per heavy atom. The molecule has 2 atom stereocenters. The average Bonchev–Trinajstić information content (AvgIpc) is 2.71. The molecule has 1 fully saturated rings. The van der Waals surface area contributed by atoms with E-state index in [4.69, 9.17) is 9.84 Å². The van der Waals surface area contributed by atoms with Gasteiger partial charge in [0.2, 0.25) is 0 Å². The van der Waals surface area contributed by atoms with Crippen LogP contribution in [-0.4, -0.2) is 48.8 Å². The first-order valence-corrected chi connectivity index (χ1v) is 6.12. The molecule has 4 heteroatoms. The zero-order valence-electron chi connectivity index (χ0n) is 10.3. The normalized spacial score (nSPS) is 23.5. The largest absolute Gasteiger partial charge is 0.481 e. The van der Waals surface area contributed by atoms with Crippen molar-refractivity contribution in [2.75, 3.05) is 26.8 Å². The molecule has 1 heterocycles. The van der Waals surface area contributed by atoms with E-state index in [0.29, 0.717) is 18.4 Å². The number of hydrogen-bond donors (Lipinski definition) is 1. The van der Waals surface area contributed by atoms with Crippen LogP contribution in [0.3, 0.4) is 0 Å². The van der Waals surface area contributed by atoms with Gasteiger partial charge in [0.1, 0.15) is 0 Å². The summed E-state index contributed by atoms with van der Waals surface area (Å²) in [6, 6.07) is 0.500. The van der Waals surface area contributed by atoms with E-state index >= 15 is 0 Å². The predicted octanol–water partition coefficient (Wildman–Crippen LogP) is 1.60. The molecule has 0 aromatic carbocycles. The zero-order chi connectivity index (χ0) is 12.0. The van der Waals surface area contributed by atoms with Gasteiger partial charge in [0.05, 0.1) is 6.61 Å². The Kier molecular flexibility index (Phi) is 5.77. The van der Waals surface area contributed by atoms with E-state index in [1.54, 1.807) is 7.11 Å². The third-order valence-electron chi connectivity index (χ3n) is 3.43. The van der Waals surface area contributed by atoms with Crippen molar-refractivity contribution < 1.29 is 14.6 Å². The first kappa shape index (κ1) is 13.5. The third-order valence-corrected chi connectivity index (χ3v) is 3.43. The standard InChI is InChI=1S/C12H23NO3/c1-3-11(9-16-2)13-7-6-10(8-13)4-5-12(14)15/h10-11H,3-9H2,1-2H3,(H,14,15). The van der Waals surface area contributed by atoms with Gasteiger partial charge in [0.25, 0.3) is 0 Å². The monoisotopic (exact) mass is 229 g/mol. The third kappa shape index (κ3) is 4.10. The van der Waals surface area contributed by atoms with Crippen molar-refractivity contribution in [1.82, 2.24) is 4.90 Å². The number of aliphatic carboxylic acids is 1. The molecule has 0 radical (unpaired) electrons. The highest BCUT2D eigenvalue weighted by Crippen LogP contribution is 2.23. The average molecular weight is 229 g/mol. The van der Waals surface area contributed by atoms with Crippen molar-refractivity contribution in [3.05, 3.63) is 0 Å². The summed E-state index contributed by atoms with van der Waals surface area (Å²) >= 11 is 0. The van der Waals surface area contributed by atoms with Crippen molar-refractivity contribution in [2.45, 2.75) is 38.6 Å². The van der Waals surface area contributed by atoms with E-state index in [2.05, 4.69) is 11.8 Å². The fourth-order valence-corrected chi connectivity index (χ4v) is 2.43. The summed E-state index contributed by atoms with van der Waals surface area (Å²) in [5, 5.41) is 8.65. The molecule has 0 aromatic rings. The molecule has 0 aromatic heterocycles. The van der Waals surface area contributed by atoms with Gasteiger partial charge < -0.3 is 9.84 Å². The van der Waals surface area contributed by atoms with Crippen molar-refractivity contribution >= 4 is 5.97 Å². The van der Waals surface area contributed by atoms with E-state index in [-0.39, 0.29) is 0 Å². The van der Waals surface area contributed by atoms with Crippen LogP contribution in [0.4, 0.5) is 0 Å². The summed E-state index contributed by atoms with van der Waals surface area (Å²) in [5.74, 6) is -0.121. The summed E-state index contributed by atoms with van der Waals surface area (Å²) < 4.78 is 5.20. The minimum atomic E-state index is -0.678. The van der Waals surface area contributed by atoms with Gasteiger partial charge in [-0.2, -0.15) is 0 Å². The SMILES string of the molecule is CCC(COC)N1CCC(CCC(=O)O)C1. The lowest BCUT2D eigenvalue weighted by molar-refractivity contribution is -0.137. The molecule has 1 rings (SSSR count). The van der Waals surface area contributed by atoms with E-state index in [1.807, 2.05) is 0 Å². The molecule has 1 aliphatic rings. The Morgan fingerprint density at radius 3 is 2.94 bits per heavy atom. The molecule has 0 bridgehead atoms. The Hall–Kier alpha value is -0.610. The molecule has 1 N–H and O–H groups in total. The highest BCUT2D eigenvalue weighted by atomic mass is 16.5. The second-order valence-electron chi connectivity index (χ2n) is 4.60. The molecule has 94 valence electrons. The number of nitrogens with zero attached hydrogens (tertiary/aromatic N) is 1. The molecular formula is C12H23NO3. The fourth-order valence-electron chi connectivity index (χ4n) is 2.43. The fraction of sp³-hybridized carbons (Fsp3) is 0.917. The van der Waals surface area contributed by atoms with Crippen LogP contribution in [0, 0.1) is 5.92 Å². The van der Waals surface area contributed by atoms with Crippen LogP contribution in [0.2, 0.25) is 0 Å². The van der Waals surface area contributed by atoms with Crippen molar-refractivity contribution in [2.24, 2.45) is 5.92 Å². The highest BCUT2D eigenvalue weighted by Gasteiger charge is 2.27. The molecule has 0 spiro atoms. The van der Waals surface area contributed by atoms with Crippen LogP contribution in [0.5, 0.6) is 0 Å². The maximum absolute atomic E-state index is 10.5. The number of carboxylic acid groups (broad SMARTS) is 1. The number of carboxylic acids is 1. The van der Waals surface area contributed by atoms with E-state index in [9.17, 15) is 4.79 Å². The second kappa shape index (κ2) is 6.86. The number of carbonyl (C=O) groups is 1. The second-order valence-corrected chi connectivity index (χ2v) is 4.60. The van der Waals surface area contributed by atoms with Gasteiger partial charge in [0.15, 0.2) is 0 Å². The van der Waals surface area contributed by atoms with Crippen LogP contribution in [-0.2, 0) is 9.53 Å². The maximum Gasteiger partial charge on any atom is 0.303 e. The van der Waals surface area contributed by atoms with Gasteiger partial charge in [-0.15, -0.1) is 0 Å². The predicted molar refractivity (Wildman–Crippen MR) is 62.5 cm³/mol. The highest BCUT2D eigenvalue weighted by molar-refractivity contribution is 5.66. The zero-order valence-corrected chi connectivity index (χ0v) is 10.3. The quantitative estimate of drug-likeness (QED) is 0.720. The topological polar surface area (TPSA) is 49.8 Å². The lowest BCUT2D eigenvalue weighted by Gasteiger charge is -2.26. The number of likely N-dealkylation sites (tertiary alicyclic amines) is 1. The molecule has 0 amide bonds.